The standard InChI is InChI=1S/C22H23N3O10/c1-12(26)33-20-18(23-15-9-8-14(24(27)28)10-16(15)25(29)30)19-17(34-22(20)31-2)11-32-21(35-19)13-6-4-3-5-7-13/h3-10,17-23H,11H2,1-2H3/t17-,18-,19-,20+,21-,22+/m1/s1. The van der Waals surface area contributed by atoms with Gasteiger partial charge in [-0.15, -0.1) is 0 Å². The first-order valence-corrected chi connectivity index (χ1v) is 10.7. The van der Waals surface area contributed by atoms with Crippen molar-refractivity contribution in [1.29, 1.82) is 0 Å². The zero-order valence-corrected chi connectivity index (χ0v) is 18.8. The molecule has 0 aliphatic carbocycles. The molecule has 13 heteroatoms. The number of nitro groups is 2. The number of non-ortho nitro benzene ring substituents is 1. The number of rotatable bonds is 7. The molecule has 2 saturated heterocycles. The van der Waals surface area contributed by atoms with Crippen LogP contribution in [0.15, 0.2) is 48.5 Å². The largest absolute Gasteiger partial charge is 0.455 e. The number of carbonyl (C=O) groups is 1. The zero-order chi connectivity index (χ0) is 25.1. The lowest BCUT2D eigenvalue weighted by atomic mass is 9.94. The lowest BCUT2D eigenvalue weighted by Crippen LogP contribution is -2.65. The molecule has 6 atom stereocenters. The Morgan fingerprint density at radius 3 is 2.46 bits per heavy atom. The third kappa shape index (κ3) is 5.22. The molecule has 4 rings (SSSR count). The molecule has 2 heterocycles. The third-order valence-electron chi connectivity index (χ3n) is 5.66. The number of benzene rings is 2. The van der Waals surface area contributed by atoms with Crippen molar-refractivity contribution in [2.75, 3.05) is 19.0 Å². The third-order valence-corrected chi connectivity index (χ3v) is 5.66. The minimum Gasteiger partial charge on any atom is -0.455 e. The molecule has 0 saturated carbocycles. The average Bonchev–Trinajstić information content (AvgIpc) is 2.85. The van der Waals surface area contributed by atoms with Crippen LogP contribution < -0.4 is 5.32 Å². The van der Waals surface area contributed by atoms with Crippen molar-refractivity contribution in [2.45, 2.75) is 43.9 Å². The van der Waals surface area contributed by atoms with Gasteiger partial charge in [-0.2, -0.15) is 0 Å². The van der Waals surface area contributed by atoms with E-state index in [0.29, 0.717) is 0 Å². The molecular weight excluding hydrogens is 466 g/mol. The van der Waals surface area contributed by atoms with Crippen LogP contribution in [0.5, 0.6) is 0 Å². The summed E-state index contributed by atoms with van der Waals surface area (Å²) in [5.41, 5.74) is -0.247. The predicted molar refractivity (Wildman–Crippen MR) is 118 cm³/mol. The van der Waals surface area contributed by atoms with Gasteiger partial charge in [0.2, 0.25) is 0 Å². The van der Waals surface area contributed by atoms with E-state index in [2.05, 4.69) is 5.32 Å². The molecule has 0 radical (unpaired) electrons. The second-order valence-electron chi connectivity index (χ2n) is 7.92. The molecule has 2 aromatic carbocycles. The molecule has 2 aliphatic heterocycles. The highest BCUT2D eigenvalue weighted by Gasteiger charge is 2.52. The Morgan fingerprint density at radius 1 is 1.09 bits per heavy atom. The quantitative estimate of drug-likeness (QED) is 0.346. The Kier molecular flexibility index (Phi) is 7.21. The fourth-order valence-electron chi connectivity index (χ4n) is 4.13. The predicted octanol–water partition coefficient (Wildman–Crippen LogP) is 2.70. The van der Waals surface area contributed by atoms with Crippen molar-refractivity contribution >= 4 is 23.0 Å². The normalized spacial score (nSPS) is 27.9. The molecule has 2 aliphatic rings. The zero-order valence-electron chi connectivity index (χ0n) is 18.8. The van der Waals surface area contributed by atoms with Crippen LogP contribution in [0.4, 0.5) is 17.1 Å². The van der Waals surface area contributed by atoms with Gasteiger partial charge < -0.3 is 29.0 Å². The summed E-state index contributed by atoms with van der Waals surface area (Å²) in [7, 11) is 1.37. The molecule has 186 valence electrons. The second kappa shape index (κ2) is 10.3. The summed E-state index contributed by atoms with van der Waals surface area (Å²) in [6, 6.07) is 11.5. The van der Waals surface area contributed by atoms with Gasteiger partial charge in [0.25, 0.3) is 11.4 Å². The molecule has 35 heavy (non-hydrogen) atoms. The van der Waals surface area contributed by atoms with Gasteiger partial charge in [-0.3, -0.25) is 25.0 Å². The summed E-state index contributed by atoms with van der Waals surface area (Å²) in [6.07, 6.45) is -4.33. The topological polar surface area (TPSA) is 162 Å². The summed E-state index contributed by atoms with van der Waals surface area (Å²) in [6.45, 7) is 1.32. The second-order valence-corrected chi connectivity index (χ2v) is 7.92. The van der Waals surface area contributed by atoms with E-state index in [1.807, 2.05) is 30.3 Å². The first kappa shape index (κ1) is 24.5. The maximum Gasteiger partial charge on any atom is 0.303 e. The monoisotopic (exact) mass is 489 g/mol. The van der Waals surface area contributed by atoms with Crippen LogP contribution in [0.2, 0.25) is 0 Å². The van der Waals surface area contributed by atoms with Crippen LogP contribution in [0.3, 0.4) is 0 Å². The number of ether oxygens (including phenoxy) is 5. The smallest absolute Gasteiger partial charge is 0.303 e. The van der Waals surface area contributed by atoms with E-state index >= 15 is 0 Å². The van der Waals surface area contributed by atoms with E-state index in [1.165, 1.54) is 20.1 Å². The summed E-state index contributed by atoms with van der Waals surface area (Å²) in [5.74, 6) is -0.629. The fraction of sp³-hybridized carbons (Fsp3) is 0.409. The van der Waals surface area contributed by atoms with Crippen LogP contribution in [-0.4, -0.2) is 60.2 Å². The highest BCUT2D eigenvalue weighted by Crippen LogP contribution is 2.38. The van der Waals surface area contributed by atoms with E-state index in [9.17, 15) is 25.0 Å². The Hall–Kier alpha value is -3.65. The lowest BCUT2D eigenvalue weighted by Gasteiger charge is -2.48. The molecule has 0 bridgehead atoms. The Morgan fingerprint density at radius 2 is 1.83 bits per heavy atom. The SMILES string of the molecule is CO[C@H]1O[C@@H]2CO[C@@H](c3ccccc3)O[C@H]2[C@@H](Nc2ccc([N+](=O)[O-])cc2[N+](=O)[O-])[C@@H]1OC(C)=O. The highest BCUT2D eigenvalue weighted by molar-refractivity contribution is 5.67. The molecule has 13 nitrogen and oxygen atoms in total. The van der Waals surface area contributed by atoms with Crippen LogP contribution in [0.25, 0.3) is 0 Å². The van der Waals surface area contributed by atoms with E-state index < -0.39 is 64.1 Å². The number of nitro benzene ring substituents is 2. The fourth-order valence-corrected chi connectivity index (χ4v) is 4.13. The van der Waals surface area contributed by atoms with Crippen LogP contribution in [0.1, 0.15) is 18.8 Å². The first-order valence-electron chi connectivity index (χ1n) is 10.7. The van der Waals surface area contributed by atoms with Crippen molar-refractivity contribution in [2.24, 2.45) is 0 Å². The van der Waals surface area contributed by atoms with Crippen molar-refractivity contribution < 1.29 is 38.3 Å². The van der Waals surface area contributed by atoms with E-state index in [1.54, 1.807) is 0 Å². The van der Waals surface area contributed by atoms with Gasteiger partial charge in [-0.1, -0.05) is 30.3 Å². The van der Waals surface area contributed by atoms with E-state index in [-0.39, 0.29) is 12.3 Å². The van der Waals surface area contributed by atoms with Gasteiger partial charge in [0.05, 0.1) is 28.6 Å². The van der Waals surface area contributed by atoms with E-state index in [4.69, 9.17) is 23.7 Å². The summed E-state index contributed by atoms with van der Waals surface area (Å²) in [5, 5.41) is 25.8. The van der Waals surface area contributed by atoms with Crippen LogP contribution in [-0.2, 0) is 28.5 Å². The van der Waals surface area contributed by atoms with Gasteiger partial charge in [0.1, 0.15) is 17.9 Å². The molecule has 0 unspecified atom stereocenters. The molecule has 0 aromatic heterocycles. The molecule has 2 fully saturated rings. The van der Waals surface area contributed by atoms with Gasteiger partial charge in [-0.05, 0) is 6.07 Å². The number of hydrogen-bond donors (Lipinski definition) is 1. The minimum absolute atomic E-state index is 0.0235. The van der Waals surface area contributed by atoms with Crippen molar-refractivity contribution in [3.63, 3.8) is 0 Å². The first-order chi connectivity index (χ1) is 16.8. The number of nitrogens with one attached hydrogen (secondary N) is 1. The van der Waals surface area contributed by atoms with Gasteiger partial charge in [0, 0.05) is 25.7 Å². The highest BCUT2D eigenvalue weighted by atomic mass is 16.8. The average molecular weight is 489 g/mol. The van der Waals surface area contributed by atoms with Crippen LogP contribution in [0, 0.1) is 20.2 Å². The molecule has 2 aromatic rings. The van der Waals surface area contributed by atoms with E-state index in [0.717, 1.165) is 17.7 Å². The number of anilines is 1. The summed E-state index contributed by atoms with van der Waals surface area (Å²) < 4.78 is 28.8. The van der Waals surface area contributed by atoms with Crippen LogP contribution >= 0.6 is 0 Å². The Bertz CT molecular complexity index is 1100. The molecular formula is C22H23N3O10. The lowest BCUT2D eigenvalue weighted by molar-refractivity contribution is -0.393. The number of fused-ring (bicyclic) bond motifs is 1. The Labute approximate surface area is 199 Å². The molecule has 0 amide bonds. The van der Waals surface area contributed by atoms with Gasteiger partial charge in [0.15, 0.2) is 18.7 Å². The van der Waals surface area contributed by atoms with Gasteiger partial charge >= 0.3 is 5.97 Å². The number of nitrogens with zero attached hydrogens (tertiary/aromatic N) is 2. The minimum atomic E-state index is -1.07. The maximum atomic E-state index is 11.9. The Balaban J connectivity index is 1.72. The molecule has 1 N–H and O–H groups in total. The number of esters is 1. The van der Waals surface area contributed by atoms with Crippen molar-refractivity contribution in [3.05, 3.63) is 74.3 Å². The summed E-state index contributed by atoms with van der Waals surface area (Å²) in [4.78, 5) is 33.3. The van der Waals surface area contributed by atoms with Crippen molar-refractivity contribution in [3.8, 4) is 0 Å². The number of hydrogen-bond acceptors (Lipinski definition) is 11. The maximum absolute atomic E-state index is 11.9. The van der Waals surface area contributed by atoms with Crippen molar-refractivity contribution in [1.82, 2.24) is 0 Å². The summed E-state index contributed by atoms with van der Waals surface area (Å²) >= 11 is 0. The van der Waals surface area contributed by atoms with Gasteiger partial charge in [-0.25, -0.2) is 0 Å². The number of carbonyl (C=O) groups excluding carboxylic acids is 1. The number of methoxy groups -OCH3 is 1. The molecule has 0 spiro atoms.